The summed E-state index contributed by atoms with van der Waals surface area (Å²) in [4.78, 5) is 17.7. The summed E-state index contributed by atoms with van der Waals surface area (Å²) in [5.41, 5.74) is 6.81. The van der Waals surface area contributed by atoms with E-state index in [2.05, 4.69) is 81.0 Å². The van der Waals surface area contributed by atoms with E-state index in [0.29, 0.717) is 5.56 Å². The Balaban J connectivity index is 1.08. The van der Waals surface area contributed by atoms with Gasteiger partial charge < -0.3 is 4.90 Å². The number of anilines is 1. The summed E-state index contributed by atoms with van der Waals surface area (Å²) >= 11 is 0. The van der Waals surface area contributed by atoms with Crippen molar-refractivity contribution in [2.45, 2.75) is 6.54 Å². The van der Waals surface area contributed by atoms with Gasteiger partial charge in [-0.2, -0.15) is 5.10 Å². The highest BCUT2D eigenvalue weighted by Crippen LogP contribution is 2.27. The van der Waals surface area contributed by atoms with Gasteiger partial charge in [-0.15, -0.1) is 0 Å². The Morgan fingerprint density at radius 1 is 0.737 bits per heavy atom. The molecular weight excluding hydrogens is 468 g/mol. The van der Waals surface area contributed by atoms with Crippen LogP contribution >= 0.6 is 0 Å². The van der Waals surface area contributed by atoms with Gasteiger partial charge in [0.05, 0.1) is 6.21 Å². The molecule has 0 aromatic heterocycles. The smallest absolute Gasteiger partial charge is 0.271 e. The first kappa shape index (κ1) is 23.9. The SMILES string of the molecule is O=C(N/N=C/c1c2ccccc2cc2ccccc12)c1ccc(CN2CCN(c3ccccc3)CC2)cc1. The van der Waals surface area contributed by atoms with Crippen molar-refractivity contribution in [2.75, 3.05) is 31.1 Å². The fraction of sp³-hybridized carbons (Fsp3) is 0.152. The Labute approximate surface area is 223 Å². The van der Waals surface area contributed by atoms with Crippen molar-refractivity contribution in [3.05, 3.63) is 126 Å². The summed E-state index contributed by atoms with van der Waals surface area (Å²) in [5.74, 6) is -0.214. The standard InChI is InChI=1S/C33H30N4O/c38-33(35-34-23-32-30-12-6-4-8-27(30)22-28-9-5-7-13-31(28)32)26-16-14-25(15-17-26)24-36-18-20-37(21-19-36)29-10-2-1-3-11-29/h1-17,22-23H,18-21,24H2,(H,35,38)/b34-23+. The van der Waals surface area contributed by atoms with E-state index in [0.717, 1.165) is 59.8 Å². The Morgan fingerprint density at radius 2 is 1.34 bits per heavy atom. The molecule has 0 atom stereocenters. The van der Waals surface area contributed by atoms with Gasteiger partial charge >= 0.3 is 0 Å². The molecule has 0 aliphatic carbocycles. The Hall–Kier alpha value is -4.48. The number of rotatable bonds is 6. The van der Waals surface area contributed by atoms with Gasteiger partial charge in [-0.25, -0.2) is 5.43 Å². The fourth-order valence-electron chi connectivity index (χ4n) is 5.23. The van der Waals surface area contributed by atoms with Crippen LogP contribution in [0.25, 0.3) is 21.5 Å². The lowest BCUT2D eigenvalue weighted by Gasteiger charge is -2.36. The highest BCUT2D eigenvalue weighted by molar-refractivity contribution is 6.13. The van der Waals surface area contributed by atoms with Crippen LogP contribution in [0.5, 0.6) is 0 Å². The van der Waals surface area contributed by atoms with E-state index >= 15 is 0 Å². The summed E-state index contributed by atoms with van der Waals surface area (Å²) in [5, 5.41) is 8.85. The number of para-hydroxylation sites is 1. The van der Waals surface area contributed by atoms with Crippen LogP contribution in [0.3, 0.4) is 0 Å². The number of nitrogens with zero attached hydrogens (tertiary/aromatic N) is 3. The lowest BCUT2D eigenvalue weighted by molar-refractivity contribution is 0.0955. The summed E-state index contributed by atoms with van der Waals surface area (Å²) in [6.45, 7) is 4.98. The van der Waals surface area contributed by atoms with E-state index in [1.807, 2.05) is 48.5 Å². The molecule has 0 radical (unpaired) electrons. The summed E-state index contributed by atoms with van der Waals surface area (Å²) in [7, 11) is 0. The van der Waals surface area contributed by atoms with Crippen molar-refractivity contribution in [3.8, 4) is 0 Å². The maximum Gasteiger partial charge on any atom is 0.271 e. The lowest BCUT2D eigenvalue weighted by Crippen LogP contribution is -2.45. The number of benzene rings is 5. The molecule has 5 nitrogen and oxygen atoms in total. The minimum atomic E-state index is -0.214. The molecule has 38 heavy (non-hydrogen) atoms. The minimum Gasteiger partial charge on any atom is -0.369 e. The van der Waals surface area contributed by atoms with E-state index < -0.39 is 0 Å². The quantitative estimate of drug-likeness (QED) is 0.175. The number of piperazine rings is 1. The molecule has 1 saturated heterocycles. The molecule has 1 N–H and O–H groups in total. The Morgan fingerprint density at radius 3 is 2.00 bits per heavy atom. The second kappa shape index (κ2) is 10.9. The van der Waals surface area contributed by atoms with Crippen LogP contribution < -0.4 is 10.3 Å². The van der Waals surface area contributed by atoms with E-state index in [1.165, 1.54) is 11.3 Å². The third-order valence-electron chi connectivity index (χ3n) is 7.29. The summed E-state index contributed by atoms with van der Waals surface area (Å²) < 4.78 is 0. The van der Waals surface area contributed by atoms with E-state index in [-0.39, 0.29) is 5.91 Å². The number of hydrogen-bond acceptors (Lipinski definition) is 4. The zero-order chi connectivity index (χ0) is 25.7. The number of nitrogens with one attached hydrogen (secondary N) is 1. The van der Waals surface area contributed by atoms with Gasteiger partial charge in [0.2, 0.25) is 0 Å². The normalized spacial score (nSPS) is 14.4. The summed E-state index contributed by atoms with van der Waals surface area (Å²) in [6, 6.07) is 37.1. The molecule has 5 heteroatoms. The second-order valence-corrected chi connectivity index (χ2v) is 9.73. The molecule has 1 aliphatic rings. The second-order valence-electron chi connectivity index (χ2n) is 9.73. The maximum absolute atomic E-state index is 12.8. The van der Waals surface area contributed by atoms with Crippen LogP contribution in [0.1, 0.15) is 21.5 Å². The van der Waals surface area contributed by atoms with E-state index in [9.17, 15) is 4.79 Å². The van der Waals surface area contributed by atoms with Crippen LogP contribution in [0.15, 0.2) is 114 Å². The number of fused-ring (bicyclic) bond motifs is 2. The lowest BCUT2D eigenvalue weighted by atomic mass is 9.97. The van der Waals surface area contributed by atoms with Crippen LogP contribution in [0, 0.1) is 0 Å². The predicted molar refractivity (Wildman–Crippen MR) is 157 cm³/mol. The van der Waals surface area contributed by atoms with Crippen LogP contribution in [0.4, 0.5) is 5.69 Å². The number of hydrogen-bond donors (Lipinski definition) is 1. The van der Waals surface area contributed by atoms with Crippen molar-refractivity contribution in [2.24, 2.45) is 5.10 Å². The van der Waals surface area contributed by atoms with Crippen molar-refractivity contribution >= 4 is 39.4 Å². The molecule has 5 aromatic rings. The molecule has 0 unspecified atom stereocenters. The highest BCUT2D eigenvalue weighted by atomic mass is 16.2. The van der Waals surface area contributed by atoms with Crippen molar-refractivity contribution in [1.29, 1.82) is 0 Å². The Kier molecular flexibility index (Phi) is 6.83. The highest BCUT2D eigenvalue weighted by Gasteiger charge is 2.17. The number of carbonyl (C=O) groups excluding carboxylic acids is 1. The van der Waals surface area contributed by atoms with Gasteiger partial charge in [-0.1, -0.05) is 78.9 Å². The third kappa shape index (κ3) is 5.15. The van der Waals surface area contributed by atoms with Gasteiger partial charge in [0.1, 0.15) is 0 Å². The van der Waals surface area contributed by atoms with Gasteiger partial charge in [0, 0.05) is 49.5 Å². The van der Waals surface area contributed by atoms with E-state index in [4.69, 9.17) is 0 Å². The molecule has 1 aliphatic heterocycles. The van der Waals surface area contributed by atoms with Gasteiger partial charge in [-0.05, 0) is 57.4 Å². The number of hydrazone groups is 1. The van der Waals surface area contributed by atoms with Crippen LogP contribution in [-0.2, 0) is 6.54 Å². The molecule has 6 rings (SSSR count). The number of carbonyl (C=O) groups is 1. The van der Waals surface area contributed by atoms with Crippen molar-refractivity contribution < 1.29 is 4.79 Å². The first-order valence-electron chi connectivity index (χ1n) is 13.1. The van der Waals surface area contributed by atoms with Crippen molar-refractivity contribution in [1.82, 2.24) is 10.3 Å². The largest absolute Gasteiger partial charge is 0.369 e. The van der Waals surface area contributed by atoms with Crippen LogP contribution in [0.2, 0.25) is 0 Å². The molecule has 0 saturated carbocycles. The monoisotopic (exact) mass is 498 g/mol. The molecule has 1 fully saturated rings. The zero-order valence-electron chi connectivity index (χ0n) is 21.3. The maximum atomic E-state index is 12.8. The molecule has 0 spiro atoms. The zero-order valence-corrected chi connectivity index (χ0v) is 21.3. The first-order chi connectivity index (χ1) is 18.7. The molecular formula is C33H30N4O. The third-order valence-corrected chi connectivity index (χ3v) is 7.29. The molecule has 188 valence electrons. The van der Waals surface area contributed by atoms with Crippen LogP contribution in [-0.4, -0.2) is 43.2 Å². The fourth-order valence-corrected chi connectivity index (χ4v) is 5.23. The van der Waals surface area contributed by atoms with Gasteiger partial charge in [-0.3, -0.25) is 9.69 Å². The molecule has 5 aromatic carbocycles. The molecule has 1 amide bonds. The Bertz CT molecular complexity index is 1530. The number of amides is 1. The summed E-state index contributed by atoms with van der Waals surface area (Å²) in [6.07, 6.45) is 1.76. The molecule has 1 heterocycles. The van der Waals surface area contributed by atoms with Crippen molar-refractivity contribution in [3.63, 3.8) is 0 Å². The molecule has 0 bridgehead atoms. The average molecular weight is 499 g/mol. The first-order valence-corrected chi connectivity index (χ1v) is 13.1. The van der Waals surface area contributed by atoms with E-state index in [1.54, 1.807) is 6.21 Å². The average Bonchev–Trinajstić information content (AvgIpc) is 2.98. The van der Waals surface area contributed by atoms with Gasteiger partial charge in [0.15, 0.2) is 0 Å². The topological polar surface area (TPSA) is 47.9 Å². The van der Waals surface area contributed by atoms with Gasteiger partial charge in [0.25, 0.3) is 5.91 Å². The minimum absolute atomic E-state index is 0.214. The predicted octanol–water partition coefficient (Wildman–Crippen LogP) is 6.08.